The minimum atomic E-state index is -3.77. The molecule has 0 bridgehead atoms. The molecule has 55 heavy (non-hydrogen) atoms. The monoisotopic (exact) mass is 796 g/mol. The van der Waals surface area contributed by atoms with E-state index in [9.17, 15) is 35.9 Å². The van der Waals surface area contributed by atoms with Crippen LogP contribution in [0.5, 0.6) is 0 Å². The lowest BCUT2D eigenvalue weighted by atomic mass is 9.86. The average Bonchev–Trinajstić information content (AvgIpc) is 3.68. The zero-order chi connectivity index (χ0) is 39.6. The molecule has 2 aliphatic carbocycles. The molecule has 2 unspecified atom stereocenters. The summed E-state index contributed by atoms with van der Waals surface area (Å²) in [5.41, 5.74) is 1.59. The smallest absolute Gasteiger partial charge is 0.282 e. The summed E-state index contributed by atoms with van der Waals surface area (Å²) in [6, 6.07) is 9.62. The van der Waals surface area contributed by atoms with E-state index in [1.807, 2.05) is 0 Å². The number of fused-ring (bicyclic) bond motifs is 4. The second-order valence-corrected chi connectivity index (χ2v) is 17.0. The zero-order valence-electron chi connectivity index (χ0n) is 30.3. The highest BCUT2D eigenvalue weighted by atomic mass is 35.5. The largest absolute Gasteiger partial charge is 0.378 e. The van der Waals surface area contributed by atoms with Gasteiger partial charge in [0.1, 0.15) is 28.6 Å². The Hall–Kier alpha value is -4.78. The maximum atomic E-state index is 14.6. The number of Topliss-reactive ketones (excluding diaryl/α,β-unsaturated/α-hetero) is 1. The van der Waals surface area contributed by atoms with Crippen molar-refractivity contribution < 1.29 is 35.9 Å². The van der Waals surface area contributed by atoms with Gasteiger partial charge in [-0.15, -0.1) is 0 Å². The number of aryl methyl sites for hydroxylation is 1. The van der Waals surface area contributed by atoms with Crippen LogP contribution in [0.4, 0.5) is 23.4 Å². The quantitative estimate of drug-likeness (QED) is 0.107. The second kappa shape index (κ2) is 14.4. The van der Waals surface area contributed by atoms with Gasteiger partial charge in [0.25, 0.3) is 6.43 Å². The molecule has 2 N–H and O–H groups in total. The van der Waals surface area contributed by atoms with Crippen molar-refractivity contribution in [2.45, 2.75) is 76.4 Å². The van der Waals surface area contributed by atoms with Crippen molar-refractivity contribution in [3.05, 3.63) is 93.0 Å². The lowest BCUT2D eigenvalue weighted by molar-refractivity contribution is -0.120. The molecule has 3 aromatic heterocycles. The minimum Gasteiger partial charge on any atom is -0.378 e. The summed E-state index contributed by atoms with van der Waals surface area (Å²) in [6.07, 6.45) is -0.0214. The topological polar surface area (TPSA) is 132 Å². The van der Waals surface area contributed by atoms with Gasteiger partial charge in [-0.25, -0.2) is 31.0 Å². The van der Waals surface area contributed by atoms with E-state index in [0.29, 0.717) is 51.3 Å². The summed E-state index contributed by atoms with van der Waals surface area (Å²) in [6.45, 7) is 2.70. The van der Waals surface area contributed by atoms with Crippen molar-refractivity contribution in [3.63, 3.8) is 0 Å². The summed E-state index contributed by atoms with van der Waals surface area (Å²) in [7, 11) is -2.16. The van der Waals surface area contributed by atoms with Crippen LogP contribution in [-0.2, 0) is 41.3 Å². The number of benzene rings is 2. The van der Waals surface area contributed by atoms with E-state index in [4.69, 9.17) is 16.6 Å². The zero-order valence-corrected chi connectivity index (χ0v) is 31.9. The molecule has 5 aromatic rings. The second-order valence-electron chi connectivity index (χ2n) is 14.9. The van der Waals surface area contributed by atoms with E-state index in [1.54, 1.807) is 31.3 Å². The van der Waals surface area contributed by atoms with Crippen LogP contribution in [0.25, 0.3) is 22.0 Å². The number of anilines is 1. The normalized spacial score (nSPS) is 17.1. The molecule has 0 spiro atoms. The van der Waals surface area contributed by atoms with Crippen LogP contribution in [0.2, 0.25) is 5.02 Å². The fourth-order valence-corrected chi connectivity index (χ4v) is 8.39. The first kappa shape index (κ1) is 38.5. The molecule has 1 fully saturated rings. The highest BCUT2D eigenvalue weighted by molar-refractivity contribution is 7.92. The number of rotatable bonds is 11. The van der Waals surface area contributed by atoms with Gasteiger partial charge < -0.3 is 5.11 Å². The number of aliphatic hydroxyl groups is 1. The third-order valence-corrected chi connectivity index (χ3v) is 10.8. The van der Waals surface area contributed by atoms with Crippen molar-refractivity contribution >= 4 is 44.1 Å². The van der Waals surface area contributed by atoms with E-state index in [1.165, 1.54) is 23.2 Å². The Kier molecular flexibility index (Phi) is 10.1. The van der Waals surface area contributed by atoms with Gasteiger partial charge >= 0.3 is 0 Å². The molecule has 2 aliphatic rings. The number of carbonyl (C=O) groups excluding carboxylic acids is 1. The van der Waals surface area contributed by atoms with Crippen molar-refractivity contribution in [2.24, 2.45) is 13.0 Å². The third-order valence-electron chi connectivity index (χ3n) is 9.89. The van der Waals surface area contributed by atoms with E-state index >= 15 is 0 Å². The molecule has 16 heteroatoms. The molecule has 3 heterocycles. The Balaban J connectivity index is 1.38. The predicted octanol–water partition coefficient (Wildman–Crippen LogP) is 7.23. The summed E-state index contributed by atoms with van der Waals surface area (Å²) in [5, 5.41) is 19.4. The summed E-state index contributed by atoms with van der Waals surface area (Å²) >= 11 is 6.63. The number of ketones is 1. The van der Waals surface area contributed by atoms with Crippen molar-refractivity contribution in [3.8, 4) is 23.0 Å². The van der Waals surface area contributed by atoms with Crippen LogP contribution in [-0.4, -0.2) is 55.7 Å². The lowest BCUT2D eigenvalue weighted by Crippen LogP contribution is -2.20. The number of nitrogens with one attached hydrogen (secondary N) is 1. The number of nitrogens with zero attached hydrogens (tertiary/aromatic N) is 5. The number of pyridine rings is 1. The Morgan fingerprint density at radius 1 is 1.09 bits per heavy atom. The molecular formula is C39H37ClF4N6O4S. The molecule has 0 saturated heterocycles. The van der Waals surface area contributed by atoms with Gasteiger partial charge in [0.15, 0.2) is 11.6 Å². The highest BCUT2D eigenvalue weighted by Crippen LogP contribution is 2.55. The lowest BCUT2D eigenvalue weighted by Gasteiger charge is -2.21. The number of carbonyl (C=O) groups is 1. The summed E-state index contributed by atoms with van der Waals surface area (Å²) in [5.74, 6) is 3.13. The third kappa shape index (κ3) is 8.27. The number of halogens is 5. The summed E-state index contributed by atoms with van der Waals surface area (Å²) < 4.78 is 87.1. The van der Waals surface area contributed by atoms with E-state index in [0.717, 1.165) is 37.3 Å². The van der Waals surface area contributed by atoms with Gasteiger partial charge in [-0.05, 0) is 87.3 Å². The molecule has 10 nitrogen and oxygen atoms in total. The number of aromatic nitrogens is 5. The Morgan fingerprint density at radius 3 is 2.47 bits per heavy atom. The molecule has 288 valence electrons. The number of alkyl halides is 2. The van der Waals surface area contributed by atoms with E-state index in [-0.39, 0.29) is 58.9 Å². The van der Waals surface area contributed by atoms with E-state index < -0.39 is 39.6 Å². The van der Waals surface area contributed by atoms with Gasteiger partial charge in [0.2, 0.25) is 10.0 Å². The van der Waals surface area contributed by atoms with Crippen LogP contribution in [0.3, 0.4) is 0 Å². The summed E-state index contributed by atoms with van der Waals surface area (Å²) in [4.78, 5) is 19.0. The highest BCUT2D eigenvalue weighted by Gasteiger charge is 2.46. The van der Waals surface area contributed by atoms with Crippen LogP contribution in [0, 0.1) is 29.4 Å². The van der Waals surface area contributed by atoms with Crippen molar-refractivity contribution in [1.82, 2.24) is 24.5 Å². The molecule has 2 aromatic carbocycles. The maximum absolute atomic E-state index is 14.6. The predicted molar refractivity (Wildman–Crippen MR) is 199 cm³/mol. The number of hydrogen-bond donors (Lipinski definition) is 2. The molecular weight excluding hydrogens is 760 g/mol. The molecule has 0 amide bonds. The van der Waals surface area contributed by atoms with Gasteiger partial charge in [-0.1, -0.05) is 23.6 Å². The number of sulfonamides is 1. The first-order valence-electron chi connectivity index (χ1n) is 17.6. The first-order valence-corrected chi connectivity index (χ1v) is 19.9. The van der Waals surface area contributed by atoms with E-state index in [2.05, 4.69) is 26.8 Å². The first-order chi connectivity index (χ1) is 25.8. The Bertz CT molecular complexity index is 2520. The molecule has 1 saturated carbocycles. The molecule has 0 aliphatic heterocycles. The number of hydrogen-bond acceptors (Lipinski definition) is 7. The SMILES string of the molecule is Cn1nc(NS(C)(=O)=O)c2c(Cl)ccc(-c3ccc(C#CC(C)(C)O)nc3[C@@H](CC(=O)Cn3nc(C(F)F)c4c3C3CC3CC4)Cc3cc(F)cc(F)c3)c21. The average molecular weight is 797 g/mol. The van der Waals surface area contributed by atoms with Crippen LogP contribution < -0.4 is 4.72 Å². The standard InChI is InChI=1S/C39H37ClF4N6O4S/c1-39(2,52)12-11-25-6-8-27(28-9-10-31(40)32-36(28)49(3)47-38(32)48-55(4,53)54)33(45-25)22(13-20-14-23(41)18-24(42)15-20)16-26(51)19-50-35-29(34(46-50)37(43)44)7-5-21-17-30(21)35/h6,8-10,14-15,18,21-22,30,37,52H,5,7,13,16-17,19H2,1-4H3,(H,47,48)/t21?,22-,30?/m1/s1. The van der Waals surface area contributed by atoms with Crippen molar-refractivity contribution in [1.29, 1.82) is 0 Å². The van der Waals surface area contributed by atoms with Gasteiger partial charge in [-0.2, -0.15) is 10.2 Å². The molecule has 7 rings (SSSR count). The van der Waals surface area contributed by atoms with Gasteiger partial charge in [0.05, 0.1) is 34.4 Å². The van der Waals surface area contributed by atoms with Crippen LogP contribution >= 0.6 is 11.6 Å². The fraction of sp³-hybridized carbons (Fsp3) is 0.385. The Morgan fingerprint density at radius 2 is 1.80 bits per heavy atom. The fourth-order valence-electron chi connectivity index (χ4n) is 7.66. The minimum absolute atomic E-state index is 0.0142. The van der Waals surface area contributed by atoms with Crippen molar-refractivity contribution in [2.75, 3.05) is 11.0 Å². The van der Waals surface area contributed by atoms with Gasteiger partial charge in [-0.3, -0.25) is 18.9 Å². The van der Waals surface area contributed by atoms with Crippen LogP contribution in [0.1, 0.15) is 85.3 Å². The van der Waals surface area contributed by atoms with Gasteiger partial charge in [0, 0.05) is 53.8 Å². The van der Waals surface area contributed by atoms with Crippen LogP contribution in [0.15, 0.2) is 42.5 Å². The maximum Gasteiger partial charge on any atom is 0.282 e. The molecule has 0 radical (unpaired) electrons. The molecule has 3 atom stereocenters. The Labute approximate surface area is 320 Å².